The highest BCUT2D eigenvalue weighted by Crippen LogP contribution is 2.34. The number of imide groups is 1. The van der Waals surface area contributed by atoms with Crippen molar-refractivity contribution in [3.8, 4) is 0 Å². The van der Waals surface area contributed by atoms with Gasteiger partial charge in [-0.25, -0.2) is 4.98 Å². The highest BCUT2D eigenvalue weighted by Gasteiger charge is 2.40. The lowest BCUT2D eigenvalue weighted by Crippen LogP contribution is -2.33. The summed E-state index contributed by atoms with van der Waals surface area (Å²) in [6.45, 7) is 6.81. The summed E-state index contributed by atoms with van der Waals surface area (Å²) >= 11 is 1.36. The summed E-state index contributed by atoms with van der Waals surface area (Å²) in [6, 6.07) is 0. The fraction of sp³-hybridized carbons (Fsp3) is 0.583. The van der Waals surface area contributed by atoms with Gasteiger partial charge in [-0.3, -0.25) is 14.5 Å². The standard InChI is InChI=1S/C12H16N2O2S/c1-12(2,3)8-4-10(15)14(5-8)11(16)9-6-17-7-13-9/h6-8H,4-5H2,1-3H3. The fourth-order valence-corrected chi connectivity index (χ4v) is 2.47. The van der Waals surface area contributed by atoms with E-state index < -0.39 is 0 Å². The maximum Gasteiger partial charge on any atom is 0.279 e. The lowest BCUT2D eigenvalue weighted by atomic mass is 9.80. The number of hydrogen-bond donors (Lipinski definition) is 0. The Hall–Kier alpha value is -1.23. The molecule has 0 N–H and O–H groups in total. The maximum absolute atomic E-state index is 12.0. The topological polar surface area (TPSA) is 50.3 Å². The molecule has 1 aliphatic rings. The summed E-state index contributed by atoms with van der Waals surface area (Å²) in [5, 5.41) is 1.68. The van der Waals surface area contributed by atoms with Crippen molar-refractivity contribution >= 4 is 23.2 Å². The van der Waals surface area contributed by atoms with Gasteiger partial charge in [0.05, 0.1) is 5.51 Å². The molecule has 2 heterocycles. The first-order chi connectivity index (χ1) is 7.89. The molecule has 0 aromatic carbocycles. The lowest BCUT2D eigenvalue weighted by Gasteiger charge is -2.25. The van der Waals surface area contributed by atoms with Crippen LogP contribution in [0, 0.1) is 11.3 Å². The molecule has 1 saturated heterocycles. The van der Waals surface area contributed by atoms with Gasteiger partial charge in [-0.2, -0.15) is 0 Å². The molecule has 2 amide bonds. The van der Waals surface area contributed by atoms with Gasteiger partial charge in [0.2, 0.25) is 5.91 Å². The minimum absolute atomic E-state index is 0.0484. The van der Waals surface area contributed by atoms with Crippen molar-refractivity contribution in [2.24, 2.45) is 11.3 Å². The van der Waals surface area contributed by atoms with Crippen molar-refractivity contribution in [2.75, 3.05) is 6.54 Å². The Kier molecular flexibility index (Phi) is 3.03. The van der Waals surface area contributed by atoms with Gasteiger partial charge in [-0.15, -0.1) is 11.3 Å². The first-order valence-corrected chi connectivity index (χ1v) is 6.57. The SMILES string of the molecule is CC(C)(C)C1CC(=O)N(C(=O)c2cscn2)C1. The molecule has 1 unspecified atom stereocenters. The van der Waals surface area contributed by atoms with Crippen molar-refractivity contribution in [1.29, 1.82) is 0 Å². The van der Waals surface area contributed by atoms with E-state index in [1.807, 2.05) is 0 Å². The van der Waals surface area contributed by atoms with Gasteiger partial charge in [-0.05, 0) is 11.3 Å². The summed E-state index contributed by atoms with van der Waals surface area (Å²) in [6.07, 6.45) is 0.458. The molecule has 0 aliphatic carbocycles. The van der Waals surface area contributed by atoms with E-state index in [4.69, 9.17) is 0 Å². The van der Waals surface area contributed by atoms with Crippen LogP contribution in [0.25, 0.3) is 0 Å². The van der Waals surface area contributed by atoms with E-state index in [0.717, 1.165) is 0 Å². The summed E-state index contributed by atoms with van der Waals surface area (Å²) < 4.78 is 0. The number of carbonyl (C=O) groups is 2. The van der Waals surface area contributed by atoms with Gasteiger partial charge in [0, 0.05) is 18.3 Å². The molecule has 0 bridgehead atoms. The first-order valence-electron chi connectivity index (χ1n) is 5.62. The number of carbonyl (C=O) groups excluding carboxylic acids is 2. The molecule has 17 heavy (non-hydrogen) atoms. The second-order valence-corrected chi connectivity index (χ2v) is 6.17. The van der Waals surface area contributed by atoms with Crippen LogP contribution in [0.15, 0.2) is 10.9 Å². The van der Waals surface area contributed by atoms with E-state index in [-0.39, 0.29) is 23.1 Å². The zero-order valence-corrected chi connectivity index (χ0v) is 11.1. The summed E-state index contributed by atoms with van der Waals surface area (Å²) in [4.78, 5) is 29.2. The third-order valence-corrected chi connectivity index (χ3v) is 3.83. The van der Waals surface area contributed by atoms with E-state index in [2.05, 4.69) is 25.8 Å². The number of rotatable bonds is 1. The largest absolute Gasteiger partial charge is 0.279 e. The van der Waals surface area contributed by atoms with Crippen LogP contribution in [-0.2, 0) is 4.79 Å². The number of amides is 2. The average molecular weight is 252 g/mol. The van der Waals surface area contributed by atoms with Crippen molar-refractivity contribution < 1.29 is 9.59 Å². The Bertz CT molecular complexity index is 434. The van der Waals surface area contributed by atoms with Crippen LogP contribution in [0.2, 0.25) is 0 Å². The van der Waals surface area contributed by atoms with Crippen molar-refractivity contribution in [1.82, 2.24) is 9.88 Å². The number of hydrogen-bond acceptors (Lipinski definition) is 4. The Labute approximate surface area is 105 Å². The van der Waals surface area contributed by atoms with Gasteiger partial charge >= 0.3 is 0 Å². The number of aromatic nitrogens is 1. The minimum atomic E-state index is -0.261. The quantitative estimate of drug-likeness (QED) is 0.720. The van der Waals surface area contributed by atoms with Crippen LogP contribution in [0.3, 0.4) is 0 Å². The lowest BCUT2D eigenvalue weighted by molar-refractivity contribution is -0.125. The van der Waals surface area contributed by atoms with Gasteiger partial charge in [0.1, 0.15) is 5.69 Å². The van der Waals surface area contributed by atoms with Crippen LogP contribution < -0.4 is 0 Å². The Balaban J connectivity index is 2.14. The smallest absolute Gasteiger partial charge is 0.277 e. The zero-order valence-electron chi connectivity index (χ0n) is 10.3. The molecule has 0 radical (unpaired) electrons. The number of thiazole rings is 1. The average Bonchev–Trinajstić information content (AvgIpc) is 2.83. The molecule has 1 aromatic heterocycles. The maximum atomic E-state index is 12.0. The molecule has 4 nitrogen and oxygen atoms in total. The number of nitrogens with zero attached hydrogens (tertiary/aromatic N) is 2. The van der Waals surface area contributed by atoms with Gasteiger partial charge in [-0.1, -0.05) is 20.8 Å². The van der Waals surface area contributed by atoms with Gasteiger partial charge < -0.3 is 0 Å². The van der Waals surface area contributed by atoms with Gasteiger partial charge in [0.25, 0.3) is 5.91 Å². The highest BCUT2D eigenvalue weighted by atomic mass is 32.1. The molecule has 0 saturated carbocycles. The molecule has 0 spiro atoms. The van der Waals surface area contributed by atoms with E-state index in [1.54, 1.807) is 10.9 Å². The van der Waals surface area contributed by atoms with Gasteiger partial charge in [0.15, 0.2) is 0 Å². The van der Waals surface area contributed by atoms with Crippen LogP contribution in [0.4, 0.5) is 0 Å². The zero-order chi connectivity index (χ0) is 12.6. The summed E-state index contributed by atoms with van der Waals surface area (Å²) in [7, 11) is 0. The molecule has 5 heteroatoms. The van der Waals surface area contributed by atoms with Crippen molar-refractivity contribution in [3.05, 3.63) is 16.6 Å². The monoisotopic (exact) mass is 252 g/mol. The Morgan fingerprint density at radius 3 is 2.71 bits per heavy atom. The molecule has 1 atom stereocenters. The molecular weight excluding hydrogens is 236 g/mol. The molecule has 92 valence electrons. The molecule has 1 fully saturated rings. The second-order valence-electron chi connectivity index (χ2n) is 5.45. The van der Waals surface area contributed by atoms with E-state index >= 15 is 0 Å². The minimum Gasteiger partial charge on any atom is -0.277 e. The number of likely N-dealkylation sites (tertiary alicyclic amines) is 1. The normalized spacial score (nSPS) is 21.0. The molecular formula is C12H16N2O2S. The predicted molar refractivity (Wildman–Crippen MR) is 65.7 cm³/mol. The summed E-state index contributed by atoms with van der Waals surface area (Å²) in [5.41, 5.74) is 2.03. The fourth-order valence-electron chi connectivity index (χ4n) is 1.94. The van der Waals surface area contributed by atoms with Crippen LogP contribution in [0.5, 0.6) is 0 Å². The third-order valence-electron chi connectivity index (χ3n) is 3.25. The second kappa shape index (κ2) is 4.22. The highest BCUT2D eigenvalue weighted by molar-refractivity contribution is 7.07. The molecule has 2 rings (SSSR count). The van der Waals surface area contributed by atoms with Crippen molar-refractivity contribution in [3.63, 3.8) is 0 Å². The first kappa shape index (κ1) is 12.2. The predicted octanol–water partition coefficient (Wildman–Crippen LogP) is 2.18. The Morgan fingerprint density at radius 1 is 1.53 bits per heavy atom. The molecule has 1 aliphatic heterocycles. The van der Waals surface area contributed by atoms with E-state index in [0.29, 0.717) is 18.7 Å². The van der Waals surface area contributed by atoms with E-state index in [1.165, 1.54) is 16.2 Å². The summed E-state index contributed by atoms with van der Waals surface area (Å²) in [5.74, 6) is -0.108. The van der Waals surface area contributed by atoms with Crippen LogP contribution in [-0.4, -0.2) is 28.2 Å². The third kappa shape index (κ3) is 2.39. The van der Waals surface area contributed by atoms with Crippen molar-refractivity contribution in [2.45, 2.75) is 27.2 Å². The molecule has 1 aromatic rings. The van der Waals surface area contributed by atoms with Crippen LogP contribution in [0.1, 0.15) is 37.7 Å². The van der Waals surface area contributed by atoms with E-state index in [9.17, 15) is 9.59 Å². The van der Waals surface area contributed by atoms with Crippen LogP contribution >= 0.6 is 11.3 Å². The Morgan fingerprint density at radius 2 is 2.24 bits per heavy atom.